The largest absolute Gasteiger partial charge is 0.388 e. The molecule has 2 N–H and O–H groups in total. The van der Waals surface area contributed by atoms with Crippen molar-refractivity contribution in [2.24, 2.45) is 0 Å². The topological polar surface area (TPSA) is 49.6 Å². The standard InChI is InChI=1S/C13H19N3OS2/c1-9-6-16-11(10(2)15-12(16)19-9)5-14-7-13(17)3-4-18-8-13/h6,14,17H,3-5,7-8H2,1-2H3. The average Bonchev–Trinajstić information content (AvgIpc) is 2.98. The quantitative estimate of drug-likeness (QED) is 0.906. The molecule has 0 aliphatic carbocycles. The molecule has 0 amide bonds. The number of hydrogen-bond donors (Lipinski definition) is 2. The Morgan fingerprint density at radius 1 is 1.53 bits per heavy atom. The molecule has 1 aliphatic rings. The zero-order valence-electron chi connectivity index (χ0n) is 11.3. The van der Waals surface area contributed by atoms with Crippen LogP contribution in [0.1, 0.15) is 22.7 Å². The molecule has 2 aromatic heterocycles. The fourth-order valence-electron chi connectivity index (χ4n) is 2.47. The highest BCUT2D eigenvalue weighted by Gasteiger charge is 2.31. The highest BCUT2D eigenvalue weighted by molar-refractivity contribution is 7.99. The number of rotatable bonds is 4. The van der Waals surface area contributed by atoms with Crippen LogP contribution in [0.15, 0.2) is 6.20 Å². The Balaban J connectivity index is 1.69. The molecule has 2 aromatic rings. The third kappa shape index (κ3) is 2.67. The van der Waals surface area contributed by atoms with E-state index < -0.39 is 5.60 Å². The summed E-state index contributed by atoms with van der Waals surface area (Å²) in [6.07, 6.45) is 3.03. The van der Waals surface area contributed by atoms with Crippen LogP contribution in [0.25, 0.3) is 4.96 Å². The molecular formula is C13H19N3OS2. The highest BCUT2D eigenvalue weighted by atomic mass is 32.2. The molecule has 1 fully saturated rings. The Hall–Kier alpha value is -0.560. The predicted molar refractivity (Wildman–Crippen MR) is 81.1 cm³/mol. The molecule has 19 heavy (non-hydrogen) atoms. The molecule has 104 valence electrons. The van der Waals surface area contributed by atoms with E-state index in [2.05, 4.69) is 27.8 Å². The first-order valence-electron chi connectivity index (χ1n) is 6.52. The summed E-state index contributed by atoms with van der Waals surface area (Å²) >= 11 is 3.55. The lowest BCUT2D eigenvalue weighted by Crippen LogP contribution is -2.40. The van der Waals surface area contributed by atoms with Gasteiger partial charge in [0.25, 0.3) is 0 Å². The number of fused-ring (bicyclic) bond motifs is 1. The second-order valence-electron chi connectivity index (χ2n) is 5.27. The van der Waals surface area contributed by atoms with Crippen LogP contribution in [-0.4, -0.2) is 38.1 Å². The number of nitrogens with one attached hydrogen (secondary N) is 1. The van der Waals surface area contributed by atoms with Gasteiger partial charge >= 0.3 is 0 Å². The minimum atomic E-state index is -0.521. The molecule has 1 atom stereocenters. The molecule has 0 radical (unpaired) electrons. The number of hydrogen-bond acceptors (Lipinski definition) is 5. The first kappa shape index (κ1) is 13.4. The predicted octanol–water partition coefficient (Wildman–Crippen LogP) is 1.97. The van der Waals surface area contributed by atoms with Crippen LogP contribution in [0.3, 0.4) is 0 Å². The van der Waals surface area contributed by atoms with Crippen LogP contribution >= 0.6 is 23.1 Å². The SMILES string of the molecule is Cc1cn2c(CNCC3(O)CCSC3)c(C)nc2s1. The van der Waals surface area contributed by atoms with Crippen LogP contribution in [0.4, 0.5) is 0 Å². The molecule has 1 unspecified atom stereocenters. The second-order valence-corrected chi connectivity index (χ2v) is 7.59. The molecule has 0 bridgehead atoms. The van der Waals surface area contributed by atoms with Gasteiger partial charge in [-0.05, 0) is 26.0 Å². The van der Waals surface area contributed by atoms with Crippen molar-refractivity contribution in [3.05, 3.63) is 22.5 Å². The van der Waals surface area contributed by atoms with Gasteiger partial charge in [0.1, 0.15) is 0 Å². The van der Waals surface area contributed by atoms with Gasteiger partial charge in [0.2, 0.25) is 0 Å². The number of thioether (sulfide) groups is 1. The molecule has 6 heteroatoms. The summed E-state index contributed by atoms with van der Waals surface area (Å²) in [6, 6.07) is 0. The van der Waals surface area contributed by atoms with E-state index in [4.69, 9.17) is 0 Å². The van der Waals surface area contributed by atoms with Crippen molar-refractivity contribution < 1.29 is 5.11 Å². The lowest BCUT2D eigenvalue weighted by atomic mass is 10.0. The Bertz CT molecular complexity index is 584. The second kappa shape index (κ2) is 5.09. The van der Waals surface area contributed by atoms with Crippen LogP contribution in [0.5, 0.6) is 0 Å². The molecule has 4 nitrogen and oxygen atoms in total. The van der Waals surface area contributed by atoms with E-state index in [1.54, 1.807) is 11.3 Å². The summed E-state index contributed by atoms with van der Waals surface area (Å²) in [7, 11) is 0. The summed E-state index contributed by atoms with van der Waals surface area (Å²) in [5.74, 6) is 1.91. The first-order chi connectivity index (χ1) is 9.07. The van der Waals surface area contributed by atoms with E-state index in [1.165, 1.54) is 10.6 Å². The maximum Gasteiger partial charge on any atom is 0.194 e. The van der Waals surface area contributed by atoms with Gasteiger partial charge in [0.15, 0.2) is 4.96 Å². The molecule has 0 spiro atoms. The molecular weight excluding hydrogens is 278 g/mol. The van der Waals surface area contributed by atoms with Crippen molar-refractivity contribution in [3.8, 4) is 0 Å². The minimum Gasteiger partial charge on any atom is -0.388 e. The van der Waals surface area contributed by atoms with E-state index >= 15 is 0 Å². The number of nitrogens with zero attached hydrogens (tertiary/aromatic N) is 2. The third-order valence-corrected chi connectivity index (χ3v) is 5.70. The molecule has 0 aromatic carbocycles. The van der Waals surface area contributed by atoms with Gasteiger partial charge < -0.3 is 10.4 Å². The third-order valence-electron chi connectivity index (χ3n) is 3.57. The highest BCUT2D eigenvalue weighted by Crippen LogP contribution is 2.27. The van der Waals surface area contributed by atoms with Gasteiger partial charge in [0.05, 0.1) is 17.0 Å². The Morgan fingerprint density at radius 2 is 2.37 bits per heavy atom. The van der Waals surface area contributed by atoms with Crippen LogP contribution < -0.4 is 5.32 Å². The molecule has 0 saturated carbocycles. The van der Waals surface area contributed by atoms with Crippen molar-refractivity contribution >= 4 is 28.1 Å². The number of imidazole rings is 1. The molecule has 1 aliphatic heterocycles. The van der Waals surface area contributed by atoms with E-state index in [9.17, 15) is 5.11 Å². The number of aliphatic hydroxyl groups is 1. The van der Waals surface area contributed by atoms with Gasteiger partial charge in [-0.25, -0.2) is 4.98 Å². The first-order valence-corrected chi connectivity index (χ1v) is 8.49. The lowest BCUT2D eigenvalue weighted by molar-refractivity contribution is 0.0673. The fraction of sp³-hybridized carbons (Fsp3) is 0.615. The summed E-state index contributed by atoms with van der Waals surface area (Å²) in [6.45, 7) is 5.57. The normalized spacial score (nSPS) is 23.5. The van der Waals surface area contributed by atoms with Crippen molar-refractivity contribution in [1.29, 1.82) is 0 Å². The van der Waals surface area contributed by atoms with Gasteiger partial charge in [-0.2, -0.15) is 11.8 Å². The van der Waals surface area contributed by atoms with Crippen LogP contribution in [-0.2, 0) is 6.54 Å². The molecule has 3 heterocycles. The summed E-state index contributed by atoms with van der Waals surface area (Å²) in [4.78, 5) is 6.91. The van der Waals surface area contributed by atoms with Crippen LogP contribution in [0, 0.1) is 13.8 Å². The van der Waals surface area contributed by atoms with Gasteiger partial charge in [0, 0.05) is 29.9 Å². The van der Waals surface area contributed by atoms with Crippen molar-refractivity contribution in [1.82, 2.24) is 14.7 Å². The minimum absolute atomic E-state index is 0.521. The Labute approximate surface area is 121 Å². The van der Waals surface area contributed by atoms with Crippen molar-refractivity contribution in [2.45, 2.75) is 32.4 Å². The average molecular weight is 297 g/mol. The summed E-state index contributed by atoms with van der Waals surface area (Å²) in [5.41, 5.74) is 1.76. The Kier molecular flexibility index (Phi) is 3.59. The van der Waals surface area contributed by atoms with Gasteiger partial charge in [-0.15, -0.1) is 11.3 Å². The van der Waals surface area contributed by atoms with E-state index in [0.717, 1.165) is 35.1 Å². The fourth-order valence-corrected chi connectivity index (χ4v) is 4.66. The lowest BCUT2D eigenvalue weighted by Gasteiger charge is -2.21. The zero-order chi connectivity index (χ0) is 13.5. The van der Waals surface area contributed by atoms with E-state index in [-0.39, 0.29) is 0 Å². The van der Waals surface area contributed by atoms with E-state index in [1.807, 2.05) is 18.7 Å². The molecule has 3 rings (SSSR count). The van der Waals surface area contributed by atoms with Gasteiger partial charge in [-0.1, -0.05) is 0 Å². The van der Waals surface area contributed by atoms with Gasteiger partial charge in [-0.3, -0.25) is 4.40 Å². The number of thiazole rings is 1. The summed E-state index contributed by atoms with van der Waals surface area (Å²) in [5, 5.41) is 13.7. The zero-order valence-corrected chi connectivity index (χ0v) is 12.9. The van der Waals surface area contributed by atoms with Crippen molar-refractivity contribution in [2.75, 3.05) is 18.1 Å². The monoisotopic (exact) mass is 297 g/mol. The molecule has 1 saturated heterocycles. The summed E-state index contributed by atoms with van der Waals surface area (Å²) < 4.78 is 2.16. The number of aryl methyl sites for hydroxylation is 2. The Morgan fingerprint density at radius 3 is 3.11 bits per heavy atom. The van der Waals surface area contributed by atoms with E-state index in [0.29, 0.717) is 6.54 Å². The smallest absolute Gasteiger partial charge is 0.194 e. The van der Waals surface area contributed by atoms with Crippen LogP contribution in [0.2, 0.25) is 0 Å². The maximum atomic E-state index is 10.3. The van der Waals surface area contributed by atoms with Crippen molar-refractivity contribution in [3.63, 3.8) is 0 Å². The maximum absolute atomic E-state index is 10.3. The number of aromatic nitrogens is 2.